The van der Waals surface area contributed by atoms with E-state index in [-0.39, 0.29) is 11.0 Å². The molecule has 4 rings (SSSR count). The molecular formula is C24H21N3O4S. The van der Waals surface area contributed by atoms with Crippen LogP contribution in [-0.2, 0) is 6.54 Å². The smallest absolute Gasteiger partial charge is 0.261 e. The monoisotopic (exact) mass is 447 g/mol. The van der Waals surface area contributed by atoms with Crippen molar-refractivity contribution in [3.8, 4) is 23.0 Å². The Bertz CT molecular complexity index is 1230. The number of carbonyl (C=O) groups excluding carboxylic acids is 1. The van der Waals surface area contributed by atoms with E-state index in [1.165, 1.54) is 7.11 Å². The first kappa shape index (κ1) is 21.3. The number of thiocarbonyl (C=S) groups is 1. The molecule has 0 fully saturated rings. The van der Waals surface area contributed by atoms with Crippen LogP contribution in [0.25, 0.3) is 22.6 Å². The molecule has 0 saturated heterocycles. The normalized spacial score (nSPS) is 10.6. The number of carbonyl (C=O) groups is 1. The molecular weight excluding hydrogens is 426 g/mol. The Labute approximate surface area is 190 Å². The molecule has 0 bridgehead atoms. The van der Waals surface area contributed by atoms with Gasteiger partial charge in [0.25, 0.3) is 5.91 Å². The van der Waals surface area contributed by atoms with E-state index >= 15 is 0 Å². The van der Waals surface area contributed by atoms with Gasteiger partial charge >= 0.3 is 0 Å². The number of nitrogens with one attached hydrogen (secondary N) is 2. The van der Waals surface area contributed by atoms with Gasteiger partial charge in [-0.3, -0.25) is 10.1 Å². The molecule has 32 heavy (non-hydrogen) atoms. The lowest BCUT2D eigenvalue weighted by atomic mass is 10.1. The molecule has 0 aliphatic carbocycles. The minimum absolute atomic E-state index is 0.218. The second-order valence-electron chi connectivity index (χ2n) is 6.89. The molecule has 1 aromatic heterocycles. The van der Waals surface area contributed by atoms with Crippen LogP contribution in [-0.4, -0.2) is 30.2 Å². The standard InChI is InChI=1S/C24H21N3O4S/c1-29-17-11-12-18(21(13-17)30-2)22(28)27-24(32)25-14-15-7-9-16(10-8-15)23-26-19-5-3-4-6-20(19)31-23/h3-13H,14H2,1-2H3,(H2,25,27,28,32). The zero-order chi connectivity index (χ0) is 22.5. The summed E-state index contributed by atoms with van der Waals surface area (Å²) in [5, 5.41) is 5.92. The molecule has 1 heterocycles. The van der Waals surface area contributed by atoms with Gasteiger partial charge in [-0.2, -0.15) is 0 Å². The first-order chi connectivity index (χ1) is 15.6. The number of methoxy groups -OCH3 is 2. The molecule has 2 N–H and O–H groups in total. The molecule has 7 nitrogen and oxygen atoms in total. The molecule has 4 aromatic rings. The molecule has 162 valence electrons. The van der Waals surface area contributed by atoms with Crippen LogP contribution in [0, 0.1) is 0 Å². The number of oxazole rings is 1. The third kappa shape index (κ3) is 4.70. The SMILES string of the molecule is COc1ccc(C(=O)NC(=S)NCc2ccc(-c3nc4ccccc4o3)cc2)c(OC)c1. The molecule has 3 aromatic carbocycles. The number of fused-ring (bicyclic) bond motifs is 1. The summed E-state index contributed by atoms with van der Waals surface area (Å²) >= 11 is 5.26. The van der Waals surface area contributed by atoms with Crippen molar-refractivity contribution in [1.82, 2.24) is 15.6 Å². The maximum atomic E-state index is 12.5. The quantitative estimate of drug-likeness (QED) is 0.426. The number of rotatable bonds is 6. The van der Waals surface area contributed by atoms with Gasteiger partial charge in [0.2, 0.25) is 5.89 Å². The van der Waals surface area contributed by atoms with Crippen molar-refractivity contribution in [1.29, 1.82) is 0 Å². The molecule has 0 spiro atoms. The maximum absolute atomic E-state index is 12.5. The van der Waals surface area contributed by atoms with Crippen LogP contribution in [0.15, 0.2) is 71.1 Å². The Kier molecular flexibility index (Phi) is 6.32. The third-order valence-corrected chi connectivity index (χ3v) is 5.07. The Morgan fingerprint density at radius 1 is 1.03 bits per heavy atom. The highest BCUT2D eigenvalue weighted by atomic mass is 32.1. The number of aromatic nitrogens is 1. The Morgan fingerprint density at radius 3 is 2.53 bits per heavy atom. The molecule has 0 unspecified atom stereocenters. The highest BCUT2D eigenvalue weighted by Crippen LogP contribution is 2.25. The summed E-state index contributed by atoms with van der Waals surface area (Å²) in [5.41, 5.74) is 3.81. The van der Waals surface area contributed by atoms with Gasteiger partial charge in [0.15, 0.2) is 10.7 Å². The van der Waals surface area contributed by atoms with Crippen LogP contribution < -0.4 is 20.1 Å². The zero-order valence-corrected chi connectivity index (χ0v) is 18.4. The first-order valence-electron chi connectivity index (χ1n) is 9.83. The predicted molar refractivity (Wildman–Crippen MR) is 126 cm³/mol. The van der Waals surface area contributed by atoms with Crippen molar-refractivity contribution >= 4 is 34.3 Å². The fourth-order valence-electron chi connectivity index (χ4n) is 3.14. The van der Waals surface area contributed by atoms with Crippen LogP contribution >= 0.6 is 12.2 Å². The first-order valence-corrected chi connectivity index (χ1v) is 10.2. The van der Waals surface area contributed by atoms with Gasteiger partial charge < -0.3 is 19.2 Å². The minimum Gasteiger partial charge on any atom is -0.497 e. The van der Waals surface area contributed by atoms with Crippen molar-refractivity contribution < 1.29 is 18.7 Å². The number of hydrogen-bond donors (Lipinski definition) is 2. The van der Waals surface area contributed by atoms with Crippen molar-refractivity contribution in [2.45, 2.75) is 6.54 Å². The molecule has 0 aliphatic heterocycles. The Hall–Kier alpha value is -3.91. The van der Waals surface area contributed by atoms with Crippen molar-refractivity contribution in [3.05, 3.63) is 77.9 Å². The largest absolute Gasteiger partial charge is 0.497 e. The number of para-hydroxylation sites is 2. The van der Waals surface area contributed by atoms with E-state index in [2.05, 4.69) is 15.6 Å². The summed E-state index contributed by atoms with van der Waals surface area (Å²) < 4.78 is 16.2. The topological polar surface area (TPSA) is 85.6 Å². The van der Waals surface area contributed by atoms with Gasteiger partial charge in [0.1, 0.15) is 17.0 Å². The van der Waals surface area contributed by atoms with Crippen molar-refractivity contribution in [3.63, 3.8) is 0 Å². The van der Waals surface area contributed by atoms with Crippen LogP contribution in [0.3, 0.4) is 0 Å². The van der Waals surface area contributed by atoms with E-state index in [1.54, 1.807) is 25.3 Å². The summed E-state index contributed by atoms with van der Waals surface area (Å²) in [6.07, 6.45) is 0. The number of amides is 1. The predicted octanol–water partition coefficient (Wildman–Crippen LogP) is 4.32. The summed E-state index contributed by atoms with van der Waals surface area (Å²) in [4.78, 5) is 17.0. The lowest BCUT2D eigenvalue weighted by Crippen LogP contribution is -2.39. The van der Waals surface area contributed by atoms with E-state index in [9.17, 15) is 4.79 Å². The minimum atomic E-state index is -0.367. The average Bonchev–Trinajstić information content (AvgIpc) is 3.27. The van der Waals surface area contributed by atoms with Gasteiger partial charge in [-0.25, -0.2) is 4.98 Å². The van der Waals surface area contributed by atoms with Gasteiger partial charge in [-0.1, -0.05) is 24.3 Å². The van der Waals surface area contributed by atoms with Crippen molar-refractivity contribution in [2.24, 2.45) is 0 Å². The average molecular weight is 448 g/mol. The summed E-state index contributed by atoms with van der Waals surface area (Å²) in [7, 11) is 3.04. The number of nitrogens with zero attached hydrogens (tertiary/aromatic N) is 1. The van der Waals surface area contributed by atoms with Gasteiger partial charge in [-0.05, 0) is 54.2 Å². The van der Waals surface area contributed by atoms with Crippen LogP contribution in [0.1, 0.15) is 15.9 Å². The summed E-state index contributed by atoms with van der Waals surface area (Å²) in [6.45, 7) is 0.451. The van der Waals surface area contributed by atoms with Crippen LogP contribution in [0.4, 0.5) is 0 Å². The van der Waals surface area contributed by atoms with E-state index in [0.29, 0.717) is 29.5 Å². The van der Waals surface area contributed by atoms with Crippen LogP contribution in [0.5, 0.6) is 11.5 Å². The highest BCUT2D eigenvalue weighted by Gasteiger charge is 2.14. The summed E-state index contributed by atoms with van der Waals surface area (Å²) in [5.74, 6) is 1.20. The fourth-order valence-corrected chi connectivity index (χ4v) is 3.31. The Morgan fingerprint density at radius 2 is 1.81 bits per heavy atom. The lowest BCUT2D eigenvalue weighted by Gasteiger charge is -2.12. The van der Waals surface area contributed by atoms with Gasteiger partial charge in [0.05, 0.1) is 19.8 Å². The second kappa shape index (κ2) is 9.49. The maximum Gasteiger partial charge on any atom is 0.261 e. The van der Waals surface area contributed by atoms with Gasteiger partial charge in [0, 0.05) is 18.2 Å². The molecule has 8 heteroatoms. The number of hydrogen-bond acceptors (Lipinski definition) is 6. The number of ether oxygens (including phenoxy) is 2. The highest BCUT2D eigenvalue weighted by molar-refractivity contribution is 7.80. The van der Waals surface area contributed by atoms with E-state index in [1.807, 2.05) is 48.5 Å². The molecule has 0 radical (unpaired) electrons. The third-order valence-electron chi connectivity index (χ3n) is 4.83. The second-order valence-corrected chi connectivity index (χ2v) is 7.29. The molecule has 1 amide bonds. The fraction of sp³-hybridized carbons (Fsp3) is 0.125. The van der Waals surface area contributed by atoms with E-state index in [0.717, 1.165) is 22.2 Å². The van der Waals surface area contributed by atoms with E-state index in [4.69, 9.17) is 26.1 Å². The lowest BCUT2D eigenvalue weighted by molar-refractivity contribution is 0.0973. The number of benzene rings is 3. The van der Waals surface area contributed by atoms with Gasteiger partial charge in [-0.15, -0.1) is 0 Å². The van der Waals surface area contributed by atoms with Crippen molar-refractivity contribution in [2.75, 3.05) is 14.2 Å². The van der Waals surface area contributed by atoms with Crippen LogP contribution in [0.2, 0.25) is 0 Å². The molecule has 0 aliphatic rings. The molecule has 0 atom stereocenters. The Balaban J connectivity index is 1.35. The molecule has 0 saturated carbocycles. The zero-order valence-electron chi connectivity index (χ0n) is 17.5. The summed E-state index contributed by atoms with van der Waals surface area (Å²) in [6, 6.07) is 20.4. The van der Waals surface area contributed by atoms with E-state index < -0.39 is 0 Å².